The fraction of sp³-hybridized carbons (Fsp3) is 0.316. The summed E-state index contributed by atoms with van der Waals surface area (Å²) in [6.07, 6.45) is 0. The molecule has 30 heavy (non-hydrogen) atoms. The number of aryl methyl sites for hydroxylation is 2. The average molecular weight is 456 g/mol. The van der Waals surface area contributed by atoms with Crippen LogP contribution in [-0.2, 0) is 24.8 Å². The van der Waals surface area contributed by atoms with E-state index in [-0.39, 0.29) is 16.4 Å². The number of sulfonamides is 2. The molecule has 0 aliphatic rings. The minimum Gasteiger partial charge on any atom is -0.483 e. The molecular formula is C19H25N3O6S2. The van der Waals surface area contributed by atoms with Crippen LogP contribution < -0.4 is 14.8 Å². The van der Waals surface area contributed by atoms with Gasteiger partial charge in [-0.25, -0.2) is 25.9 Å². The second-order valence-electron chi connectivity index (χ2n) is 6.74. The van der Waals surface area contributed by atoms with Crippen molar-refractivity contribution in [2.24, 2.45) is 0 Å². The summed E-state index contributed by atoms with van der Waals surface area (Å²) in [5.74, 6) is -0.118. The van der Waals surface area contributed by atoms with Crippen LogP contribution >= 0.6 is 0 Å². The molecule has 0 radical (unpaired) electrons. The number of nitrogens with one attached hydrogen (secondary N) is 2. The second kappa shape index (κ2) is 9.13. The Morgan fingerprint density at radius 1 is 0.967 bits per heavy atom. The number of anilines is 1. The van der Waals surface area contributed by atoms with Crippen LogP contribution in [0.5, 0.6) is 5.75 Å². The summed E-state index contributed by atoms with van der Waals surface area (Å²) in [5, 5.41) is 2.63. The Labute approximate surface area is 177 Å². The van der Waals surface area contributed by atoms with Crippen molar-refractivity contribution in [1.82, 2.24) is 9.03 Å². The van der Waals surface area contributed by atoms with Crippen LogP contribution in [0.1, 0.15) is 11.1 Å². The zero-order valence-electron chi connectivity index (χ0n) is 17.4. The first-order valence-corrected chi connectivity index (χ1v) is 11.8. The SMILES string of the molecule is CNS(=O)(=O)c1ccc(C)c(NC(=O)COc2ccc(S(=O)(=O)N(C)C)cc2C)c1. The van der Waals surface area contributed by atoms with Gasteiger partial charge < -0.3 is 10.1 Å². The largest absolute Gasteiger partial charge is 0.483 e. The highest BCUT2D eigenvalue weighted by atomic mass is 32.2. The summed E-state index contributed by atoms with van der Waals surface area (Å²) in [5.41, 5.74) is 1.60. The highest BCUT2D eigenvalue weighted by Crippen LogP contribution is 2.24. The van der Waals surface area contributed by atoms with E-state index in [2.05, 4.69) is 10.0 Å². The Hall–Kier alpha value is -2.47. The molecule has 2 aromatic carbocycles. The van der Waals surface area contributed by atoms with Crippen molar-refractivity contribution in [3.8, 4) is 5.75 Å². The van der Waals surface area contributed by atoms with Gasteiger partial charge in [0, 0.05) is 19.8 Å². The summed E-state index contributed by atoms with van der Waals surface area (Å²) in [7, 11) is -3.02. The van der Waals surface area contributed by atoms with E-state index in [1.54, 1.807) is 19.9 Å². The second-order valence-corrected chi connectivity index (χ2v) is 10.8. The minimum atomic E-state index is -3.64. The Kier molecular flexibility index (Phi) is 7.24. The Bertz CT molecular complexity index is 1160. The number of amides is 1. The minimum absolute atomic E-state index is 0.0281. The molecule has 2 rings (SSSR count). The molecule has 1 amide bonds. The van der Waals surface area contributed by atoms with E-state index >= 15 is 0 Å². The Morgan fingerprint density at radius 3 is 2.17 bits per heavy atom. The van der Waals surface area contributed by atoms with Gasteiger partial charge in [0.15, 0.2) is 6.61 Å². The highest BCUT2D eigenvalue weighted by molar-refractivity contribution is 7.89. The molecule has 0 spiro atoms. The van der Waals surface area contributed by atoms with Crippen LogP contribution in [0.15, 0.2) is 46.2 Å². The summed E-state index contributed by atoms with van der Waals surface area (Å²) < 4.78 is 57.1. The molecule has 0 atom stereocenters. The number of ether oxygens (including phenoxy) is 1. The maximum absolute atomic E-state index is 12.3. The van der Waals surface area contributed by atoms with Crippen molar-refractivity contribution < 1.29 is 26.4 Å². The normalized spacial score (nSPS) is 12.1. The number of benzene rings is 2. The van der Waals surface area contributed by atoms with Crippen LogP contribution in [0.3, 0.4) is 0 Å². The number of carbonyl (C=O) groups excluding carboxylic acids is 1. The molecule has 0 heterocycles. The van der Waals surface area contributed by atoms with Crippen molar-refractivity contribution >= 4 is 31.6 Å². The molecule has 2 aromatic rings. The lowest BCUT2D eigenvalue weighted by atomic mass is 10.2. The number of hydrogen-bond donors (Lipinski definition) is 2. The quantitative estimate of drug-likeness (QED) is 0.622. The molecule has 0 aromatic heterocycles. The maximum atomic E-state index is 12.3. The van der Waals surface area contributed by atoms with Gasteiger partial charge in [-0.1, -0.05) is 6.07 Å². The van der Waals surface area contributed by atoms with Crippen molar-refractivity contribution in [3.63, 3.8) is 0 Å². The first kappa shape index (κ1) is 23.8. The predicted octanol–water partition coefficient (Wildman–Crippen LogP) is 1.48. The summed E-state index contributed by atoms with van der Waals surface area (Å²) in [6, 6.07) is 8.77. The Balaban J connectivity index is 2.11. The van der Waals surface area contributed by atoms with Crippen LogP contribution in [0, 0.1) is 13.8 Å². The van der Waals surface area contributed by atoms with E-state index in [9.17, 15) is 21.6 Å². The van der Waals surface area contributed by atoms with E-state index in [1.807, 2.05) is 0 Å². The van der Waals surface area contributed by atoms with Gasteiger partial charge in [0.25, 0.3) is 5.91 Å². The monoisotopic (exact) mass is 455 g/mol. The summed E-state index contributed by atoms with van der Waals surface area (Å²) in [4.78, 5) is 12.4. The lowest BCUT2D eigenvalue weighted by molar-refractivity contribution is -0.118. The van der Waals surface area contributed by atoms with E-state index in [4.69, 9.17) is 4.74 Å². The van der Waals surface area contributed by atoms with Gasteiger partial charge in [-0.05, 0) is 62.4 Å². The van der Waals surface area contributed by atoms with E-state index in [0.717, 1.165) is 4.31 Å². The molecule has 0 saturated heterocycles. The van der Waals surface area contributed by atoms with E-state index < -0.39 is 26.0 Å². The topological polar surface area (TPSA) is 122 Å². The number of carbonyl (C=O) groups is 1. The molecule has 164 valence electrons. The molecule has 11 heteroatoms. The van der Waals surface area contributed by atoms with Crippen LogP contribution in [0.4, 0.5) is 5.69 Å². The van der Waals surface area contributed by atoms with E-state index in [1.165, 1.54) is 51.5 Å². The van der Waals surface area contributed by atoms with Crippen molar-refractivity contribution in [2.75, 3.05) is 33.1 Å². The molecule has 0 fully saturated rings. The Morgan fingerprint density at radius 2 is 1.60 bits per heavy atom. The molecule has 9 nitrogen and oxygen atoms in total. The molecule has 0 aliphatic carbocycles. The van der Waals surface area contributed by atoms with Gasteiger partial charge in [0.1, 0.15) is 5.75 Å². The molecule has 0 aliphatic heterocycles. The van der Waals surface area contributed by atoms with Gasteiger partial charge in [-0.15, -0.1) is 0 Å². The smallest absolute Gasteiger partial charge is 0.262 e. The number of hydrogen-bond acceptors (Lipinski definition) is 6. The molecule has 0 unspecified atom stereocenters. The maximum Gasteiger partial charge on any atom is 0.262 e. The molecular weight excluding hydrogens is 430 g/mol. The molecule has 0 saturated carbocycles. The number of nitrogens with zero attached hydrogens (tertiary/aromatic N) is 1. The third-order valence-corrected chi connectivity index (χ3v) is 7.57. The van der Waals surface area contributed by atoms with Gasteiger partial charge >= 0.3 is 0 Å². The van der Waals surface area contributed by atoms with E-state index in [0.29, 0.717) is 22.6 Å². The predicted molar refractivity (Wildman–Crippen MR) is 114 cm³/mol. The van der Waals surface area contributed by atoms with Crippen LogP contribution in [-0.4, -0.2) is 54.8 Å². The fourth-order valence-electron chi connectivity index (χ4n) is 2.51. The number of rotatable bonds is 8. The van der Waals surface area contributed by atoms with Gasteiger partial charge in [-0.3, -0.25) is 4.79 Å². The van der Waals surface area contributed by atoms with Crippen molar-refractivity contribution in [2.45, 2.75) is 23.6 Å². The zero-order chi connectivity index (χ0) is 22.7. The zero-order valence-corrected chi connectivity index (χ0v) is 19.0. The highest BCUT2D eigenvalue weighted by Gasteiger charge is 2.19. The van der Waals surface area contributed by atoms with Gasteiger partial charge in [-0.2, -0.15) is 0 Å². The molecule has 0 bridgehead atoms. The van der Waals surface area contributed by atoms with Gasteiger partial charge in [0.05, 0.1) is 9.79 Å². The lowest BCUT2D eigenvalue weighted by Crippen LogP contribution is -2.23. The van der Waals surface area contributed by atoms with Crippen molar-refractivity contribution in [3.05, 3.63) is 47.5 Å². The third kappa shape index (κ3) is 5.36. The summed E-state index contributed by atoms with van der Waals surface area (Å²) >= 11 is 0. The first-order valence-electron chi connectivity index (χ1n) is 8.88. The van der Waals surface area contributed by atoms with Crippen LogP contribution in [0.25, 0.3) is 0 Å². The lowest BCUT2D eigenvalue weighted by Gasteiger charge is -2.14. The molecule has 2 N–H and O–H groups in total. The third-order valence-electron chi connectivity index (χ3n) is 4.35. The first-order chi connectivity index (χ1) is 13.9. The van der Waals surface area contributed by atoms with Crippen molar-refractivity contribution in [1.29, 1.82) is 0 Å². The van der Waals surface area contributed by atoms with Crippen LogP contribution in [0.2, 0.25) is 0 Å². The summed E-state index contributed by atoms with van der Waals surface area (Å²) in [6.45, 7) is 3.08. The average Bonchev–Trinajstić information content (AvgIpc) is 2.68. The van der Waals surface area contributed by atoms with Gasteiger partial charge in [0.2, 0.25) is 20.0 Å². The fourth-order valence-corrected chi connectivity index (χ4v) is 4.25. The standard InChI is InChI=1S/C19H25N3O6S2/c1-13-6-7-15(29(24,25)20-3)11-17(13)21-19(23)12-28-18-9-8-16(10-14(18)2)30(26,27)22(4)5/h6-11,20H,12H2,1-5H3,(H,21,23).